The third-order valence-electron chi connectivity index (χ3n) is 3.05. The number of benzene rings is 1. The second-order valence-corrected chi connectivity index (χ2v) is 6.81. The van der Waals surface area contributed by atoms with Crippen LogP contribution in [0.15, 0.2) is 12.1 Å². The number of esters is 1. The summed E-state index contributed by atoms with van der Waals surface area (Å²) in [5.41, 5.74) is 1.56. The van der Waals surface area contributed by atoms with Crippen LogP contribution in [0.4, 0.5) is 0 Å². The van der Waals surface area contributed by atoms with Gasteiger partial charge in [-0.2, -0.15) is 0 Å². The largest absolute Gasteiger partial charge is 0.507 e. The molecule has 0 aliphatic carbocycles. The molecule has 0 bridgehead atoms. The molecule has 0 fully saturated rings. The van der Waals surface area contributed by atoms with Crippen molar-refractivity contribution in [3.63, 3.8) is 0 Å². The van der Waals surface area contributed by atoms with Crippen LogP contribution in [0.5, 0.6) is 5.75 Å². The van der Waals surface area contributed by atoms with Crippen molar-refractivity contribution < 1.29 is 14.6 Å². The van der Waals surface area contributed by atoms with Gasteiger partial charge in [0.2, 0.25) is 0 Å². The summed E-state index contributed by atoms with van der Waals surface area (Å²) in [6.07, 6.45) is 0. The van der Waals surface area contributed by atoms with E-state index in [0.717, 1.165) is 11.1 Å². The van der Waals surface area contributed by atoms with E-state index in [4.69, 9.17) is 4.74 Å². The molecule has 0 aliphatic rings. The van der Waals surface area contributed by atoms with E-state index in [-0.39, 0.29) is 17.8 Å². The van der Waals surface area contributed by atoms with E-state index in [2.05, 4.69) is 0 Å². The molecule has 112 valence electrons. The Labute approximate surface area is 122 Å². The summed E-state index contributed by atoms with van der Waals surface area (Å²) < 4.78 is 5.41. The van der Waals surface area contributed by atoms with Crippen LogP contribution in [0.3, 0.4) is 0 Å². The van der Waals surface area contributed by atoms with E-state index >= 15 is 0 Å². The van der Waals surface area contributed by atoms with Gasteiger partial charge in [0.15, 0.2) is 0 Å². The lowest BCUT2D eigenvalue weighted by molar-refractivity contribution is 0.00693. The van der Waals surface area contributed by atoms with Crippen LogP contribution in [0.25, 0.3) is 0 Å². The minimum absolute atomic E-state index is 0.148. The number of rotatable bonds is 3. The number of hydrogen-bond donors (Lipinski definition) is 1. The van der Waals surface area contributed by atoms with Gasteiger partial charge >= 0.3 is 5.97 Å². The third kappa shape index (κ3) is 3.99. The lowest BCUT2D eigenvalue weighted by Crippen LogP contribution is -2.24. The Bertz CT molecular complexity index is 464. The summed E-state index contributed by atoms with van der Waals surface area (Å²) in [5, 5.41) is 10.3. The molecular weight excluding hydrogens is 252 g/mol. The molecule has 0 spiro atoms. The van der Waals surface area contributed by atoms with Crippen LogP contribution in [0.2, 0.25) is 0 Å². The summed E-state index contributed by atoms with van der Waals surface area (Å²) in [6, 6.07) is 3.47. The fourth-order valence-electron chi connectivity index (χ4n) is 2.02. The van der Waals surface area contributed by atoms with Crippen molar-refractivity contribution in [1.29, 1.82) is 0 Å². The van der Waals surface area contributed by atoms with Crippen molar-refractivity contribution in [3.05, 3.63) is 28.8 Å². The van der Waals surface area contributed by atoms with Crippen LogP contribution in [-0.2, 0) is 4.74 Å². The molecule has 1 aromatic carbocycles. The molecule has 0 heterocycles. The first kappa shape index (κ1) is 16.5. The Hall–Kier alpha value is -1.51. The van der Waals surface area contributed by atoms with E-state index in [1.54, 1.807) is 12.1 Å². The lowest BCUT2D eigenvalue weighted by Gasteiger charge is -2.21. The maximum absolute atomic E-state index is 12.2. The van der Waals surface area contributed by atoms with E-state index in [1.165, 1.54) is 0 Å². The van der Waals surface area contributed by atoms with Crippen molar-refractivity contribution in [2.24, 2.45) is 0 Å². The van der Waals surface area contributed by atoms with Crippen LogP contribution in [0.1, 0.15) is 81.8 Å². The summed E-state index contributed by atoms with van der Waals surface area (Å²) in [4.78, 5) is 12.2. The van der Waals surface area contributed by atoms with Crippen LogP contribution >= 0.6 is 0 Å². The molecular formula is C17H26O3. The molecule has 20 heavy (non-hydrogen) atoms. The molecule has 0 atom stereocenters. The van der Waals surface area contributed by atoms with Crippen molar-refractivity contribution in [3.8, 4) is 5.75 Å². The van der Waals surface area contributed by atoms with Crippen molar-refractivity contribution in [2.45, 2.75) is 65.9 Å². The maximum Gasteiger partial charge on any atom is 0.338 e. The molecule has 0 saturated heterocycles. The van der Waals surface area contributed by atoms with Gasteiger partial charge in [0, 0.05) is 0 Å². The van der Waals surface area contributed by atoms with Gasteiger partial charge in [-0.15, -0.1) is 0 Å². The average Bonchev–Trinajstić information content (AvgIpc) is 2.25. The second kappa shape index (κ2) is 5.86. The Morgan fingerprint density at radius 2 is 1.45 bits per heavy atom. The van der Waals surface area contributed by atoms with Crippen LogP contribution in [0, 0.1) is 0 Å². The minimum atomic E-state index is -0.523. The molecule has 1 aromatic rings. The van der Waals surface area contributed by atoms with E-state index in [9.17, 15) is 9.90 Å². The Balaban J connectivity index is 3.31. The SMILES string of the molecule is CC(C)c1cc(C(=O)OC(C)(C)C)cc(C(C)C)c1O. The molecule has 1 N–H and O–H groups in total. The first-order chi connectivity index (χ1) is 9.03. The van der Waals surface area contributed by atoms with E-state index in [0.29, 0.717) is 11.3 Å². The summed E-state index contributed by atoms with van der Waals surface area (Å²) >= 11 is 0. The maximum atomic E-state index is 12.2. The van der Waals surface area contributed by atoms with Gasteiger partial charge in [0.25, 0.3) is 0 Å². The number of hydrogen-bond acceptors (Lipinski definition) is 3. The molecule has 0 unspecified atom stereocenters. The van der Waals surface area contributed by atoms with Crippen LogP contribution in [-0.4, -0.2) is 16.7 Å². The van der Waals surface area contributed by atoms with E-state index in [1.807, 2.05) is 48.5 Å². The topological polar surface area (TPSA) is 46.5 Å². The molecule has 0 aromatic heterocycles. The molecule has 0 aliphatic heterocycles. The molecule has 0 radical (unpaired) electrons. The Kier molecular flexibility index (Phi) is 4.85. The molecule has 3 heteroatoms. The predicted molar refractivity (Wildman–Crippen MR) is 81.5 cm³/mol. The minimum Gasteiger partial charge on any atom is -0.507 e. The average molecular weight is 278 g/mol. The van der Waals surface area contributed by atoms with Gasteiger partial charge < -0.3 is 9.84 Å². The van der Waals surface area contributed by atoms with Gasteiger partial charge in [0.05, 0.1) is 5.56 Å². The second-order valence-electron chi connectivity index (χ2n) is 6.81. The highest BCUT2D eigenvalue weighted by Gasteiger charge is 2.22. The van der Waals surface area contributed by atoms with E-state index < -0.39 is 5.60 Å². The molecule has 3 nitrogen and oxygen atoms in total. The van der Waals surface area contributed by atoms with Crippen LogP contribution < -0.4 is 0 Å². The lowest BCUT2D eigenvalue weighted by atomic mass is 9.91. The van der Waals surface area contributed by atoms with Gasteiger partial charge in [0.1, 0.15) is 11.4 Å². The number of aromatic hydroxyl groups is 1. The summed E-state index contributed by atoms with van der Waals surface area (Å²) in [7, 11) is 0. The Morgan fingerprint density at radius 1 is 1.05 bits per heavy atom. The third-order valence-corrected chi connectivity index (χ3v) is 3.05. The quantitative estimate of drug-likeness (QED) is 0.822. The molecule has 0 saturated carbocycles. The van der Waals surface area contributed by atoms with Gasteiger partial charge in [-0.1, -0.05) is 27.7 Å². The fraction of sp³-hybridized carbons (Fsp3) is 0.588. The number of carbonyl (C=O) groups is 1. The zero-order valence-electron chi connectivity index (χ0n) is 13.6. The highest BCUT2D eigenvalue weighted by Crippen LogP contribution is 2.35. The molecule has 0 amide bonds. The highest BCUT2D eigenvalue weighted by atomic mass is 16.6. The first-order valence-electron chi connectivity index (χ1n) is 7.13. The normalized spacial score (nSPS) is 12.1. The van der Waals surface area contributed by atoms with Gasteiger partial charge in [-0.3, -0.25) is 0 Å². The molecule has 1 rings (SSSR count). The summed E-state index contributed by atoms with van der Waals surface area (Å²) in [6.45, 7) is 13.5. The fourth-order valence-corrected chi connectivity index (χ4v) is 2.02. The van der Waals surface area contributed by atoms with Gasteiger partial charge in [-0.25, -0.2) is 4.79 Å². The smallest absolute Gasteiger partial charge is 0.338 e. The zero-order valence-corrected chi connectivity index (χ0v) is 13.6. The zero-order chi connectivity index (χ0) is 15.7. The first-order valence-corrected chi connectivity index (χ1v) is 7.13. The van der Waals surface area contributed by atoms with Gasteiger partial charge in [-0.05, 0) is 55.9 Å². The van der Waals surface area contributed by atoms with Crippen molar-refractivity contribution >= 4 is 5.97 Å². The Morgan fingerprint density at radius 3 is 1.75 bits per heavy atom. The van der Waals surface area contributed by atoms with Crippen molar-refractivity contribution in [1.82, 2.24) is 0 Å². The standard InChI is InChI=1S/C17H26O3/c1-10(2)13-8-12(16(19)20-17(5,6)7)9-14(11(3)4)15(13)18/h8-11,18H,1-7H3. The highest BCUT2D eigenvalue weighted by molar-refractivity contribution is 5.90. The monoisotopic (exact) mass is 278 g/mol. The number of phenolic OH excluding ortho intramolecular Hbond substituents is 1. The number of ether oxygens (including phenoxy) is 1. The number of carbonyl (C=O) groups excluding carboxylic acids is 1. The number of phenols is 1. The predicted octanol–water partition coefficient (Wildman–Crippen LogP) is 4.59. The summed E-state index contributed by atoms with van der Waals surface area (Å²) in [5.74, 6) is 0.244. The van der Waals surface area contributed by atoms with Crippen molar-refractivity contribution in [2.75, 3.05) is 0 Å².